The molecule has 12 aromatic rings. The Hall–Kier alpha value is -7.92. The van der Waals surface area contributed by atoms with Crippen LogP contribution in [0, 0.1) is 0 Å². The van der Waals surface area contributed by atoms with Crippen molar-refractivity contribution in [1.29, 1.82) is 0 Å². The molecule has 18 N–H and O–H groups in total. The van der Waals surface area contributed by atoms with Crippen molar-refractivity contribution in [2.45, 2.75) is 117 Å². The van der Waals surface area contributed by atoms with Crippen molar-refractivity contribution in [1.82, 2.24) is 29.9 Å². The van der Waals surface area contributed by atoms with Crippen molar-refractivity contribution in [3.63, 3.8) is 0 Å². The maximum absolute atomic E-state index is 10.2. The number of rotatable bonds is 6. The Morgan fingerprint density at radius 2 is 0.562 bits per heavy atom. The number of hydrogen-bond donors (Lipinski definition) is 12. The number of halogens is 6. The van der Waals surface area contributed by atoms with Crippen molar-refractivity contribution in [3.05, 3.63) is 210 Å². The van der Waals surface area contributed by atoms with E-state index in [0.29, 0.717) is 32.2 Å². The minimum atomic E-state index is -2.71. The quantitative estimate of drug-likeness (QED) is 0.0736. The lowest BCUT2D eigenvalue weighted by atomic mass is 10.0. The second-order valence-electron chi connectivity index (χ2n) is 23.6. The van der Waals surface area contributed by atoms with Crippen LogP contribution in [0.2, 0.25) is 30.1 Å². The van der Waals surface area contributed by atoms with Gasteiger partial charge in [0.05, 0.1) is 122 Å². The molecule has 12 rings (SSSR count). The fraction of sp³-hybridized carbons (Fsp3) is 0.250. The van der Waals surface area contributed by atoms with E-state index >= 15 is 0 Å². The van der Waals surface area contributed by atoms with Crippen LogP contribution in [0.25, 0.3) is 65.4 Å². The van der Waals surface area contributed by atoms with Gasteiger partial charge in [-0.15, -0.1) is 0 Å². The van der Waals surface area contributed by atoms with E-state index in [0.717, 1.165) is 13.8 Å². The first-order valence-corrected chi connectivity index (χ1v) is 30.4. The molecular weight excluding hydrogens is 1340 g/mol. The summed E-state index contributed by atoms with van der Waals surface area (Å²) in [5, 5.41) is 62.5. The van der Waals surface area contributed by atoms with Crippen LogP contribution >= 0.6 is 69.6 Å². The van der Waals surface area contributed by atoms with Gasteiger partial charge in [-0.05, 0) is 228 Å². The third kappa shape index (κ3) is 19.6. The lowest BCUT2D eigenvalue weighted by Crippen LogP contribution is -2.19. The second kappa shape index (κ2) is 29.4. The molecule has 0 saturated carbocycles. The normalized spacial score (nSPS) is 16.4. The van der Waals surface area contributed by atoms with E-state index in [1.54, 1.807) is 18.2 Å². The molecule has 2 unspecified atom stereocenters. The standard InChI is InChI=1S/6C12H13ClN2O/c6*1-12(2,16)11-9(14)6-7-5-8(13)3-4-10(7)15-11/h6*3-6,16H,14H2,1-2H3/i3D,4D,5D,6D;4D,5D,6D;3D,5D,6D;3D,4D,6D;1D3,6D;1D3,5D. The monoisotopic (exact) mass is 1440 g/mol. The van der Waals surface area contributed by atoms with Crippen LogP contribution in [-0.4, -0.2) is 60.5 Å². The summed E-state index contributed by atoms with van der Waals surface area (Å²) in [5.41, 5.74) is 26.2. The predicted octanol–water partition coefficient (Wildman–Crippen LogP) is 16.2. The highest BCUT2D eigenvalue weighted by Gasteiger charge is 2.27. The Labute approximate surface area is 616 Å². The number of benzene rings is 6. The summed E-state index contributed by atoms with van der Waals surface area (Å²) in [6.45, 7) is 8.80. The molecule has 18 nitrogen and oxygen atoms in total. The highest BCUT2D eigenvalue weighted by molar-refractivity contribution is 6.33. The molecule has 0 spiro atoms. The molecule has 24 heteroatoms. The molecule has 6 heterocycles. The summed E-state index contributed by atoms with van der Waals surface area (Å²) in [5.74, 6) is 0. The Morgan fingerprint density at radius 1 is 0.281 bits per heavy atom. The summed E-state index contributed by atoms with van der Waals surface area (Å²) < 4.78 is 162. The first-order chi connectivity index (χ1) is 53.1. The molecule has 0 radical (unpaired) electrons. The van der Waals surface area contributed by atoms with Gasteiger partial charge in [0.2, 0.25) is 0 Å². The molecule has 0 aliphatic rings. The number of anilines is 6. The summed E-state index contributed by atoms with van der Waals surface area (Å²) in [7, 11) is 0. The van der Waals surface area contributed by atoms with Gasteiger partial charge in [-0.25, -0.2) is 29.9 Å². The van der Waals surface area contributed by atoms with Crippen LogP contribution in [0.1, 0.15) is 146 Å². The fourth-order valence-electron chi connectivity index (χ4n) is 8.64. The number of nitrogen functional groups attached to an aromatic ring is 6. The molecule has 96 heavy (non-hydrogen) atoms. The average Bonchev–Trinajstić information content (AvgIpc) is 0.760. The van der Waals surface area contributed by atoms with Gasteiger partial charge in [-0.1, -0.05) is 69.6 Å². The molecule has 0 amide bonds. The molecule has 6 aromatic heterocycles. The zero-order valence-electron chi connectivity index (χ0n) is 73.8. The molecule has 504 valence electrons. The number of aromatic nitrogens is 6. The summed E-state index contributed by atoms with van der Waals surface area (Å²) in [4.78, 5) is 24.8. The van der Waals surface area contributed by atoms with Crippen LogP contribution in [0.4, 0.5) is 34.1 Å². The minimum Gasteiger partial charge on any atom is -0.397 e. The van der Waals surface area contributed by atoms with Gasteiger partial charge >= 0.3 is 0 Å². The predicted molar refractivity (Wildman–Crippen MR) is 398 cm³/mol. The van der Waals surface area contributed by atoms with E-state index in [-0.39, 0.29) is 222 Å². The fourth-order valence-corrected chi connectivity index (χ4v) is 9.57. The third-order valence-corrected chi connectivity index (χ3v) is 14.1. The maximum Gasteiger partial charge on any atom is 0.103 e. The third-order valence-electron chi connectivity index (χ3n) is 12.9. The van der Waals surface area contributed by atoms with E-state index in [4.69, 9.17) is 133 Å². The molecule has 6 aromatic carbocycles. The summed E-state index contributed by atoms with van der Waals surface area (Å²) >= 11 is 35.0. The SMILES string of the molecule is [2H]c1c(Cl)c([2H])c2c([2H])c(N)c(C(C)(C)O)nc2c1[2H].[2H]c1c(Cl)cc2c([2H])c(N)c(C(C)(C)O)nc2c1[2H].[2H]c1c(Cl)ccc2nc(C(C)(O)C([2H])([2H])[2H])c(N)cc12.[2H]c1c(N)c(C(C)(O)C([2H])([2H])[2H])nc2ccc(Cl)cc12.[2H]c1cc(Cl)c([2H])c2c([2H])c(N)c(C(C)(C)O)nc12.[2H]c1cc2nc(C(C)(C)O)c(N)c([2H])c2c([2H])c1Cl. The topological polar surface area (TPSA) is 355 Å². The first kappa shape index (κ1) is 50.4. The van der Waals surface area contributed by atoms with Gasteiger partial charge in [-0.3, -0.25) is 0 Å². The number of pyridine rings is 6. The zero-order chi connectivity index (χ0) is 89.6. The molecule has 0 fully saturated rings. The van der Waals surface area contributed by atoms with Crippen molar-refractivity contribution >= 4 is 169 Å². The van der Waals surface area contributed by atoms with Crippen LogP contribution < -0.4 is 34.4 Å². The van der Waals surface area contributed by atoms with E-state index in [1.165, 1.54) is 91.8 Å². The number of hydrogen-bond acceptors (Lipinski definition) is 18. The molecule has 2 atom stereocenters. The molecule has 0 aliphatic heterocycles. The van der Waals surface area contributed by atoms with Crippen molar-refractivity contribution < 1.29 is 59.4 Å². The van der Waals surface area contributed by atoms with Crippen LogP contribution in [-0.2, 0) is 33.6 Å². The van der Waals surface area contributed by atoms with E-state index in [9.17, 15) is 30.6 Å². The largest absolute Gasteiger partial charge is 0.397 e. The van der Waals surface area contributed by atoms with Crippen molar-refractivity contribution in [2.75, 3.05) is 34.4 Å². The van der Waals surface area contributed by atoms with Crippen LogP contribution in [0.5, 0.6) is 0 Å². The maximum atomic E-state index is 10.2. The van der Waals surface area contributed by atoms with Gasteiger partial charge in [-0.2, -0.15) is 0 Å². The van der Waals surface area contributed by atoms with E-state index in [1.807, 2.05) is 0 Å². The molecule has 0 aliphatic carbocycles. The Bertz CT molecular complexity index is 5980. The molecule has 0 bridgehead atoms. The minimum absolute atomic E-state index is 0.00448. The Kier molecular flexibility index (Phi) is 15.5. The molecular formula is C72H78Cl6N12O6. The molecule has 0 saturated heterocycles. The smallest absolute Gasteiger partial charge is 0.103 e. The van der Waals surface area contributed by atoms with Gasteiger partial charge in [0.1, 0.15) is 33.6 Å². The number of fused-ring (bicyclic) bond motifs is 6. The van der Waals surface area contributed by atoms with Crippen molar-refractivity contribution in [2.24, 2.45) is 0 Å². The van der Waals surface area contributed by atoms with Gasteiger partial charge < -0.3 is 65.0 Å². The number of nitrogens with zero attached hydrogens (tertiary/aromatic N) is 6. The number of nitrogens with two attached hydrogens (primary N) is 6. The Morgan fingerprint density at radius 3 is 1.00 bits per heavy atom. The van der Waals surface area contributed by atoms with Gasteiger partial charge in [0.15, 0.2) is 0 Å². The van der Waals surface area contributed by atoms with E-state index in [2.05, 4.69) is 29.9 Å². The highest BCUT2D eigenvalue weighted by atomic mass is 35.5. The average molecular weight is 1440 g/mol. The second-order valence-corrected chi connectivity index (χ2v) is 26.0. The highest BCUT2D eigenvalue weighted by Crippen LogP contribution is 2.35. The van der Waals surface area contributed by atoms with Gasteiger partial charge in [0.25, 0.3) is 0 Å². The zero-order valence-corrected chi connectivity index (χ0v) is 57.3. The lowest BCUT2D eigenvalue weighted by Gasteiger charge is -2.19. The van der Waals surface area contributed by atoms with Crippen LogP contribution in [0.15, 0.2) is 145 Å². The summed E-state index contributed by atoms with van der Waals surface area (Å²) in [6, 6.07) is 11.1. The van der Waals surface area contributed by atoms with Crippen molar-refractivity contribution in [3.8, 4) is 0 Å². The summed E-state index contributed by atoms with van der Waals surface area (Å²) in [6.07, 6.45) is 0. The number of aliphatic hydroxyl groups is 6. The Balaban J connectivity index is 0.000000194. The van der Waals surface area contributed by atoms with Crippen LogP contribution in [0.3, 0.4) is 0 Å². The van der Waals surface area contributed by atoms with Gasteiger partial charge in [0, 0.05) is 70.7 Å². The lowest BCUT2D eigenvalue weighted by molar-refractivity contribution is 0.0745. The van der Waals surface area contributed by atoms with E-state index < -0.39 is 47.3 Å². The first-order valence-electron chi connectivity index (χ1n) is 38.6.